The van der Waals surface area contributed by atoms with Gasteiger partial charge in [0.15, 0.2) is 0 Å². The van der Waals surface area contributed by atoms with Crippen LogP contribution in [-0.2, 0) is 5.92 Å². The van der Waals surface area contributed by atoms with Gasteiger partial charge in [-0.2, -0.15) is 8.78 Å². The van der Waals surface area contributed by atoms with E-state index in [1.54, 1.807) is 24.3 Å². The fraction of sp³-hybridized carbons (Fsp3) is 0.368. The van der Waals surface area contributed by atoms with Crippen molar-refractivity contribution in [2.45, 2.75) is 47.5 Å². The summed E-state index contributed by atoms with van der Waals surface area (Å²) >= 11 is 0. The van der Waals surface area contributed by atoms with Crippen molar-refractivity contribution < 1.29 is 8.78 Å². The normalized spacial score (nSPS) is 13.1. The monoisotopic (exact) mass is 290 g/mol. The lowest BCUT2D eigenvalue weighted by Crippen LogP contribution is -2.11. The summed E-state index contributed by atoms with van der Waals surface area (Å²) in [5.41, 5.74) is 3.34. The number of aryl methyl sites for hydroxylation is 2. The minimum atomic E-state index is -2.86. The second-order valence-corrected chi connectivity index (χ2v) is 4.67. The molecule has 0 heterocycles. The Kier molecular flexibility index (Phi) is 5.65. The molecule has 0 aliphatic heterocycles. The van der Waals surface area contributed by atoms with E-state index in [1.807, 2.05) is 53.7 Å². The summed E-state index contributed by atoms with van der Waals surface area (Å²) in [6, 6.07) is 10.5. The van der Waals surface area contributed by atoms with Gasteiger partial charge in [0.2, 0.25) is 0 Å². The van der Waals surface area contributed by atoms with E-state index in [4.69, 9.17) is 0 Å². The first-order chi connectivity index (χ1) is 10.00. The third-order valence-corrected chi connectivity index (χ3v) is 3.32. The minimum absolute atomic E-state index is 0.137. The van der Waals surface area contributed by atoms with Crippen LogP contribution in [-0.4, -0.2) is 0 Å². The molecule has 0 N–H and O–H groups in total. The number of benzene rings is 2. The molecule has 0 nitrogen and oxygen atoms in total. The molecule has 1 aliphatic carbocycles. The predicted octanol–water partition coefficient (Wildman–Crippen LogP) is 6.48. The fourth-order valence-electron chi connectivity index (χ4n) is 2.45. The molecular formula is C19H24F2. The van der Waals surface area contributed by atoms with Crippen molar-refractivity contribution in [3.05, 3.63) is 58.7 Å². The van der Waals surface area contributed by atoms with Crippen LogP contribution in [0.1, 0.15) is 49.9 Å². The van der Waals surface area contributed by atoms with Crippen LogP contribution in [0.3, 0.4) is 0 Å². The first-order valence-electron chi connectivity index (χ1n) is 7.60. The predicted molar refractivity (Wildman–Crippen MR) is 87.0 cm³/mol. The maximum absolute atomic E-state index is 14.3. The molecule has 21 heavy (non-hydrogen) atoms. The Morgan fingerprint density at radius 3 is 1.33 bits per heavy atom. The lowest BCUT2D eigenvalue weighted by Gasteiger charge is -2.12. The summed E-state index contributed by atoms with van der Waals surface area (Å²) < 4.78 is 28.6. The van der Waals surface area contributed by atoms with Crippen molar-refractivity contribution in [2.75, 3.05) is 0 Å². The van der Waals surface area contributed by atoms with E-state index >= 15 is 0 Å². The Morgan fingerprint density at radius 2 is 1.00 bits per heavy atom. The van der Waals surface area contributed by atoms with E-state index in [9.17, 15) is 8.78 Å². The van der Waals surface area contributed by atoms with E-state index in [0.29, 0.717) is 11.1 Å². The van der Waals surface area contributed by atoms with E-state index < -0.39 is 5.92 Å². The Hall–Kier alpha value is -1.70. The molecule has 114 valence electrons. The van der Waals surface area contributed by atoms with Crippen LogP contribution in [0.25, 0.3) is 11.1 Å². The van der Waals surface area contributed by atoms with Crippen LogP contribution in [0.5, 0.6) is 0 Å². The van der Waals surface area contributed by atoms with Crippen LogP contribution < -0.4 is 0 Å². The summed E-state index contributed by atoms with van der Waals surface area (Å²) in [7, 11) is 0. The molecular weight excluding hydrogens is 266 g/mol. The Morgan fingerprint density at radius 1 is 0.667 bits per heavy atom. The van der Waals surface area contributed by atoms with Crippen molar-refractivity contribution in [1.82, 2.24) is 0 Å². The largest absolute Gasteiger partial charge is 0.299 e. The maximum atomic E-state index is 14.3. The highest BCUT2D eigenvalue weighted by Gasteiger charge is 2.44. The second-order valence-electron chi connectivity index (χ2n) is 4.67. The smallest absolute Gasteiger partial charge is 0.196 e. The molecule has 0 saturated carbocycles. The van der Waals surface area contributed by atoms with Gasteiger partial charge in [0, 0.05) is 11.1 Å². The zero-order chi connectivity index (χ0) is 16.2. The average Bonchev–Trinajstić information content (AvgIpc) is 2.71. The molecule has 0 saturated heterocycles. The van der Waals surface area contributed by atoms with Crippen molar-refractivity contribution in [2.24, 2.45) is 0 Å². The minimum Gasteiger partial charge on any atom is -0.196 e. The summed E-state index contributed by atoms with van der Waals surface area (Å²) in [6.45, 7) is 11.7. The number of alkyl halides is 2. The fourth-order valence-corrected chi connectivity index (χ4v) is 2.45. The molecule has 2 aromatic rings. The van der Waals surface area contributed by atoms with Crippen LogP contribution in [0, 0.1) is 13.8 Å². The van der Waals surface area contributed by atoms with Crippen LogP contribution >= 0.6 is 0 Å². The SMILES string of the molecule is CC.CC.Cc1ccc2c(c1)C(F)(F)c1cc(C)ccc1-2. The maximum Gasteiger partial charge on any atom is 0.299 e. The number of halogens is 2. The van der Waals surface area contributed by atoms with Gasteiger partial charge in [-0.15, -0.1) is 0 Å². The molecule has 1 aliphatic rings. The highest BCUT2D eigenvalue weighted by atomic mass is 19.3. The summed E-state index contributed by atoms with van der Waals surface area (Å²) in [6.07, 6.45) is 0. The molecule has 0 bridgehead atoms. The summed E-state index contributed by atoms with van der Waals surface area (Å²) in [5.74, 6) is -2.86. The van der Waals surface area contributed by atoms with Gasteiger partial charge in [0.05, 0.1) is 0 Å². The van der Waals surface area contributed by atoms with Crippen molar-refractivity contribution in [3.63, 3.8) is 0 Å². The highest BCUT2D eigenvalue weighted by molar-refractivity contribution is 5.79. The topological polar surface area (TPSA) is 0 Å². The van der Waals surface area contributed by atoms with Gasteiger partial charge in [0.25, 0.3) is 5.92 Å². The molecule has 0 radical (unpaired) electrons. The Bertz CT molecular complexity index is 559. The lowest BCUT2D eigenvalue weighted by atomic mass is 10.0. The van der Waals surface area contributed by atoms with Gasteiger partial charge in [-0.1, -0.05) is 63.1 Å². The van der Waals surface area contributed by atoms with Crippen molar-refractivity contribution >= 4 is 0 Å². The standard InChI is InChI=1S/C15H12F2.2C2H6/c1-9-3-5-11-12-6-4-10(2)8-14(12)15(16,17)13(11)7-9;2*1-2/h3-8H,1-2H3;2*1-2H3. The van der Waals surface area contributed by atoms with Gasteiger partial charge in [-0.25, -0.2) is 0 Å². The lowest BCUT2D eigenvalue weighted by molar-refractivity contribution is 0.0479. The summed E-state index contributed by atoms with van der Waals surface area (Å²) in [5, 5.41) is 0. The van der Waals surface area contributed by atoms with Gasteiger partial charge < -0.3 is 0 Å². The number of fused-ring (bicyclic) bond motifs is 3. The van der Waals surface area contributed by atoms with Gasteiger partial charge >= 0.3 is 0 Å². The molecule has 0 unspecified atom stereocenters. The van der Waals surface area contributed by atoms with E-state index in [2.05, 4.69) is 0 Å². The van der Waals surface area contributed by atoms with Crippen LogP contribution in [0.4, 0.5) is 8.78 Å². The molecule has 0 fully saturated rings. The summed E-state index contributed by atoms with van der Waals surface area (Å²) in [4.78, 5) is 0. The number of rotatable bonds is 0. The average molecular weight is 290 g/mol. The molecule has 0 aromatic heterocycles. The van der Waals surface area contributed by atoms with E-state index in [0.717, 1.165) is 11.1 Å². The molecule has 2 aromatic carbocycles. The first-order valence-corrected chi connectivity index (χ1v) is 7.60. The van der Waals surface area contributed by atoms with Crippen molar-refractivity contribution in [3.8, 4) is 11.1 Å². The highest BCUT2D eigenvalue weighted by Crippen LogP contribution is 2.51. The second kappa shape index (κ2) is 6.84. The Labute approximate surface area is 126 Å². The zero-order valence-corrected chi connectivity index (χ0v) is 13.7. The molecule has 0 amide bonds. The quantitative estimate of drug-likeness (QED) is 0.521. The van der Waals surface area contributed by atoms with Crippen LogP contribution in [0.15, 0.2) is 36.4 Å². The van der Waals surface area contributed by atoms with Crippen LogP contribution in [0.2, 0.25) is 0 Å². The van der Waals surface area contributed by atoms with Gasteiger partial charge in [-0.3, -0.25) is 0 Å². The molecule has 0 spiro atoms. The van der Waals surface area contributed by atoms with Crippen molar-refractivity contribution in [1.29, 1.82) is 0 Å². The Balaban J connectivity index is 0.000000510. The molecule has 0 atom stereocenters. The van der Waals surface area contributed by atoms with E-state index in [-0.39, 0.29) is 11.1 Å². The third kappa shape index (κ3) is 2.99. The van der Waals surface area contributed by atoms with Gasteiger partial charge in [-0.05, 0) is 37.1 Å². The number of hydrogen-bond donors (Lipinski definition) is 0. The molecule has 3 rings (SSSR count). The van der Waals surface area contributed by atoms with E-state index in [1.165, 1.54) is 0 Å². The molecule has 2 heteroatoms. The third-order valence-electron chi connectivity index (χ3n) is 3.32. The van der Waals surface area contributed by atoms with Gasteiger partial charge in [0.1, 0.15) is 0 Å². The first kappa shape index (κ1) is 17.4. The number of hydrogen-bond acceptors (Lipinski definition) is 0. The zero-order valence-electron chi connectivity index (χ0n) is 13.7.